The number of aromatic nitrogens is 1. The molecular weight excluding hydrogens is 274 g/mol. The van der Waals surface area contributed by atoms with E-state index in [1.54, 1.807) is 43.3 Å². The number of rotatable bonds is 5. The summed E-state index contributed by atoms with van der Waals surface area (Å²) in [6, 6.07) is 9.77. The van der Waals surface area contributed by atoms with Gasteiger partial charge in [0, 0.05) is 11.8 Å². The van der Waals surface area contributed by atoms with Crippen LogP contribution in [0, 0.1) is 6.92 Å². The van der Waals surface area contributed by atoms with Gasteiger partial charge >= 0.3 is 12.0 Å². The number of para-hydroxylation sites is 1. The fourth-order valence-electron chi connectivity index (χ4n) is 1.78. The van der Waals surface area contributed by atoms with Crippen LogP contribution in [0.25, 0.3) is 0 Å². The van der Waals surface area contributed by atoms with E-state index < -0.39 is 18.5 Å². The van der Waals surface area contributed by atoms with Crippen LogP contribution < -0.4 is 10.2 Å². The maximum Gasteiger partial charge on any atom is 0.323 e. The van der Waals surface area contributed by atoms with Crippen LogP contribution in [0.2, 0.25) is 0 Å². The van der Waals surface area contributed by atoms with E-state index in [9.17, 15) is 9.59 Å². The molecular formula is C14H15N3O4. The van der Waals surface area contributed by atoms with Crippen LogP contribution in [0.4, 0.5) is 10.5 Å². The van der Waals surface area contributed by atoms with E-state index in [0.717, 1.165) is 4.90 Å². The van der Waals surface area contributed by atoms with Crippen LogP contribution in [0.3, 0.4) is 0 Å². The number of carbonyl (C=O) groups excluding carboxylic acids is 1. The van der Waals surface area contributed by atoms with Gasteiger partial charge in [0.25, 0.3) is 0 Å². The molecule has 2 rings (SSSR count). The Balaban J connectivity index is 2.05. The Morgan fingerprint density at radius 3 is 2.62 bits per heavy atom. The number of carboxylic acid groups (broad SMARTS) is 1. The highest BCUT2D eigenvalue weighted by Crippen LogP contribution is 2.13. The van der Waals surface area contributed by atoms with Crippen LogP contribution >= 0.6 is 0 Å². The van der Waals surface area contributed by atoms with Gasteiger partial charge < -0.3 is 14.9 Å². The second kappa shape index (κ2) is 6.56. The number of hydrogen-bond acceptors (Lipinski definition) is 4. The Kier molecular flexibility index (Phi) is 4.55. The predicted octanol–water partition coefficient (Wildman–Crippen LogP) is 1.78. The SMILES string of the molecule is Cc1cc(CNC(=O)N(CC(=O)O)c2ccccc2)on1. The topological polar surface area (TPSA) is 95.7 Å². The number of amides is 2. The molecule has 1 aromatic carbocycles. The Morgan fingerprint density at radius 1 is 1.33 bits per heavy atom. The van der Waals surface area contributed by atoms with Gasteiger partial charge in [-0.15, -0.1) is 0 Å². The van der Waals surface area contributed by atoms with Gasteiger partial charge in [-0.3, -0.25) is 9.69 Å². The molecule has 0 atom stereocenters. The lowest BCUT2D eigenvalue weighted by molar-refractivity contribution is -0.135. The highest BCUT2D eigenvalue weighted by Gasteiger charge is 2.18. The van der Waals surface area contributed by atoms with Crippen molar-refractivity contribution >= 4 is 17.7 Å². The Labute approximate surface area is 121 Å². The molecule has 21 heavy (non-hydrogen) atoms. The van der Waals surface area contributed by atoms with Crippen molar-refractivity contribution in [1.82, 2.24) is 10.5 Å². The first-order valence-corrected chi connectivity index (χ1v) is 6.30. The molecule has 1 heterocycles. The fourth-order valence-corrected chi connectivity index (χ4v) is 1.78. The molecule has 2 amide bonds. The molecule has 1 aromatic heterocycles. The van der Waals surface area contributed by atoms with Gasteiger partial charge in [0.1, 0.15) is 6.54 Å². The van der Waals surface area contributed by atoms with E-state index in [1.807, 2.05) is 0 Å². The van der Waals surface area contributed by atoms with Crippen molar-refractivity contribution in [3.8, 4) is 0 Å². The molecule has 0 aliphatic carbocycles. The van der Waals surface area contributed by atoms with Gasteiger partial charge in [-0.1, -0.05) is 23.4 Å². The van der Waals surface area contributed by atoms with Crippen LogP contribution in [0.15, 0.2) is 40.9 Å². The summed E-state index contributed by atoms with van der Waals surface area (Å²) in [7, 11) is 0. The van der Waals surface area contributed by atoms with E-state index >= 15 is 0 Å². The minimum atomic E-state index is -1.09. The number of carboxylic acids is 1. The summed E-state index contributed by atoms with van der Waals surface area (Å²) < 4.78 is 4.98. The Bertz CT molecular complexity index is 624. The molecule has 2 N–H and O–H groups in total. The number of nitrogens with one attached hydrogen (secondary N) is 1. The number of aliphatic carboxylic acids is 1. The van der Waals surface area contributed by atoms with Gasteiger partial charge in [0.2, 0.25) is 0 Å². The molecule has 2 aromatic rings. The molecule has 0 aliphatic heterocycles. The summed E-state index contributed by atoms with van der Waals surface area (Å²) in [5.74, 6) is -0.589. The quantitative estimate of drug-likeness (QED) is 0.874. The molecule has 7 nitrogen and oxygen atoms in total. The van der Waals surface area contributed by atoms with Crippen LogP contribution in [-0.4, -0.2) is 28.8 Å². The molecule has 7 heteroatoms. The van der Waals surface area contributed by atoms with Crippen molar-refractivity contribution in [2.45, 2.75) is 13.5 Å². The van der Waals surface area contributed by atoms with Gasteiger partial charge in [-0.05, 0) is 19.1 Å². The zero-order valence-corrected chi connectivity index (χ0v) is 11.4. The predicted molar refractivity (Wildman–Crippen MR) is 74.9 cm³/mol. The first-order valence-electron chi connectivity index (χ1n) is 6.30. The maximum absolute atomic E-state index is 12.1. The lowest BCUT2D eigenvalue weighted by atomic mass is 10.3. The monoisotopic (exact) mass is 289 g/mol. The summed E-state index contributed by atoms with van der Waals surface area (Å²) in [6.07, 6.45) is 0. The van der Waals surface area contributed by atoms with Gasteiger partial charge in [0.05, 0.1) is 12.2 Å². The number of carbonyl (C=O) groups is 2. The summed E-state index contributed by atoms with van der Waals surface area (Å²) in [6.45, 7) is 1.49. The molecule has 0 aliphatic rings. The number of nitrogens with zero attached hydrogens (tertiary/aromatic N) is 2. The number of hydrogen-bond donors (Lipinski definition) is 2. The van der Waals surface area contributed by atoms with Gasteiger partial charge in [-0.2, -0.15) is 0 Å². The average molecular weight is 289 g/mol. The number of benzene rings is 1. The van der Waals surface area contributed by atoms with Crippen molar-refractivity contribution in [1.29, 1.82) is 0 Å². The molecule has 0 unspecified atom stereocenters. The van der Waals surface area contributed by atoms with Crippen molar-refractivity contribution in [3.63, 3.8) is 0 Å². The average Bonchev–Trinajstić information content (AvgIpc) is 2.88. The van der Waals surface area contributed by atoms with E-state index in [1.165, 1.54) is 0 Å². The zero-order valence-electron chi connectivity index (χ0n) is 11.4. The van der Waals surface area contributed by atoms with E-state index in [0.29, 0.717) is 17.1 Å². The molecule has 0 saturated heterocycles. The first kappa shape index (κ1) is 14.6. The van der Waals surface area contributed by atoms with Crippen LogP contribution in [-0.2, 0) is 11.3 Å². The number of anilines is 1. The minimum Gasteiger partial charge on any atom is -0.480 e. The van der Waals surface area contributed by atoms with Crippen molar-refractivity contribution < 1.29 is 19.2 Å². The third-order valence-electron chi connectivity index (χ3n) is 2.70. The smallest absolute Gasteiger partial charge is 0.323 e. The van der Waals surface area contributed by atoms with Crippen molar-refractivity contribution in [3.05, 3.63) is 47.9 Å². The third kappa shape index (κ3) is 4.07. The summed E-state index contributed by atoms with van der Waals surface area (Å²) in [5.41, 5.74) is 1.22. The third-order valence-corrected chi connectivity index (χ3v) is 2.70. The lowest BCUT2D eigenvalue weighted by Gasteiger charge is -2.20. The molecule has 0 radical (unpaired) electrons. The Hall–Kier alpha value is -2.83. The lowest BCUT2D eigenvalue weighted by Crippen LogP contribution is -2.42. The molecule has 0 saturated carbocycles. The highest BCUT2D eigenvalue weighted by atomic mass is 16.5. The fraction of sp³-hybridized carbons (Fsp3) is 0.214. The number of urea groups is 1. The van der Waals surface area contributed by atoms with Crippen LogP contribution in [0.5, 0.6) is 0 Å². The summed E-state index contributed by atoms with van der Waals surface area (Å²) >= 11 is 0. The van der Waals surface area contributed by atoms with E-state index in [2.05, 4.69) is 10.5 Å². The molecule has 0 bridgehead atoms. The maximum atomic E-state index is 12.1. The largest absolute Gasteiger partial charge is 0.480 e. The van der Waals surface area contributed by atoms with Crippen molar-refractivity contribution in [2.75, 3.05) is 11.4 Å². The molecule has 0 spiro atoms. The van der Waals surface area contributed by atoms with Crippen LogP contribution in [0.1, 0.15) is 11.5 Å². The van der Waals surface area contributed by atoms with E-state index in [4.69, 9.17) is 9.63 Å². The summed E-state index contributed by atoms with van der Waals surface area (Å²) in [5, 5.41) is 15.3. The minimum absolute atomic E-state index is 0.141. The first-order chi connectivity index (χ1) is 10.1. The molecule has 0 fully saturated rings. The summed E-state index contributed by atoms with van der Waals surface area (Å²) in [4.78, 5) is 24.2. The standard InChI is InChI=1S/C14H15N3O4/c1-10-7-12(21-16-10)8-15-14(20)17(9-13(18)19)11-5-3-2-4-6-11/h2-7H,8-9H2,1H3,(H,15,20)(H,18,19). The second-order valence-electron chi connectivity index (χ2n) is 4.41. The van der Waals surface area contributed by atoms with Gasteiger partial charge in [0.15, 0.2) is 5.76 Å². The number of aryl methyl sites for hydroxylation is 1. The van der Waals surface area contributed by atoms with E-state index in [-0.39, 0.29) is 6.54 Å². The second-order valence-corrected chi connectivity index (χ2v) is 4.41. The molecule has 110 valence electrons. The normalized spacial score (nSPS) is 10.1. The van der Waals surface area contributed by atoms with Gasteiger partial charge in [-0.25, -0.2) is 4.79 Å². The zero-order chi connectivity index (χ0) is 15.2. The van der Waals surface area contributed by atoms with Crippen molar-refractivity contribution in [2.24, 2.45) is 0 Å². The highest BCUT2D eigenvalue weighted by molar-refractivity contribution is 5.96. The Morgan fingerprint density at radius 2 is 2.05 bits per heavy atom.